The molecule has 1 amide bonds. The van der Waals surface area contributed by atoms with Crippen LogP contribution in [0, 0.1) is 0 Å². The van der Waals surface area contributed by atoms with E-state index in [9.17, 15) is 9.59 Å². The van der Waals surface area contributed by atoms with Crippen molar-refractivity contribution < 1.29 is 9.59 Å². The van der Waals surface area contributed by atoms with E-state index in [2.05, 4.69) is 20.8 Å². The summed E-state index contributed by atoms with van der Waals surface area (Å²) in [6, 6.07) is 14.1. The second-order valence-corrected chi connectivity index (χ2v) is 5.68. The Morgan fingerprint density at radius 2 is 1.62 bits per heavy atom. The van der Waals surface area contributed by atoms with Gasteiger partial charge in [-0.1, -0.05) is 12.1 Å². The van der Waals surface area contributed by atoms with Crippen LogP contribution in [0.1, 0.15) is 27.6 Å². The lowest BCUT2D eigenvalue weighted by atomic mass is 10.1. The minimum Gasteiger partial charge on any atom is -0.367 e. The number of rotatable bonds is 7. The number of aromatic nitrogens is 3. The molecule has 0 saturated carbocycles. The highest BCUT2D eigenvalue weighted by Gasteiger charge is 2.06. The van der Waals surface area contributed by atoms with Gasteiger partial charge in [0.1, 0.15) is 5.82 Å². The van der Waals surface area contributed by atoms with Gasteiger partial charge in [-0.25, -0.2) is 0 Å². The minimum atomic E-state index is -0.184. The lowest BCUT2D eigenvalue weighted by Crippen LogP contribution is -2.28. The maximum absolute atomic E-state index is 12.1. The van der Waals surface area contributed by atoms with Gasteiger partial charge in [0.25, 0.3) is 5.91 Å². The zero-order valence-corrected chi connectivity index (χ0v) is 14.3. The van der Waals surface area contributed by atoms with Gasteiger partial charge in [0.05, 0.1) is 0 Å². The fourth-order valence-corrected chi connectivity index (χ4v) is 2.37. The van der Waals surface area contributed by atoms with Crippen LogP contribution >= 0.6 is 0 Å². The molecule has 0 saturated heterocycles. The third kappa shape index (κ3) is 4.32. The quantitative estimate of drug-likeness (QED) is 0.505. The summed E-state index contributed by atoms with van der Waals surface area (Å²) in [6.07, 6.45) is 3.80. The SMILES string of the molecule is CC(=O)c1ccc(C(=O)NCCNc2ccc(-n3cccc3)nn2)cc1. The van der Waals surface area contributed by atoms with Crippen LogP contribution in [0.15, 0.2) is 60.9 Å². The number of anilines is 1. The highest BCUT2D eigenvalue weighted by Crippen LogP contribution is 2.07. The summed E-state index contributed by atoms with van der Waals surface area (Å²) < 4.78 is 1.87. The molecule has 0 fully saturated rings. The highest BCUT2D eigenvalue weighted by atomic mass is 16.1. The van der Waals surface area contributed by atoms with Crippen molar-refractivity contribution in [1.82, 2.24) is 20.1 Å². The molecule has 0 aliphatic heterocycles. The van der Waals surface area contributed by atoms with Crippen LogP contribution in [0.4, 0.5) is 5.82 Å². The second-order valence-electron chi connectivity index (χ2n) is 5.68. The third-order valence-electron chi connectivity index (χ3n) is 3.79. The Morgan fingerprint density at radius 3 is 2.23 bits per heavy atom. The summed E-state index contributed by atoms with van der Waals surface area (Å²) in [5.41, 5.74) is 1.11. The molecule has 0 atom stereocenters. The molecule has 0 radical (unpaired) electrons. The van der Waals surface area contributed by atoms with Crippen molar-refractivity contribution in [3.05, 3.63) is 72.1 Å². The Labute approximate surface area is 151 Å². The van der Waals surface area contributed by atoms with Crippen LogP contribution in [0.2, 0.25) is 0 Å². The number of amides is 1. The zero-order valence-electron chi connectivity index (χ0n) is 14.3. The smallest absolute Gasteiger partial charge is 0.251 e. The van der Waals surface area contributed by atoms with Crippen LogP contribution < -0.4 is 10.6 Å². The van der Waals surface area contributed by atoms with E-state index in [0.717, 1.165) is 5.82 Å². The first kappa shape index (κ1) is 17.3. The predicted octanol–water partition coefficient (Wildman–Crippen LogP) is 2.31. The van der Waals surface area contributed by atoms with E-state index in [1.54, 1.807) is 24.3 Å². The maximum Gasteiger partial charge on any atom is 0.251 e. The third-order valence-corrected chi connectivity index (χ3v) is 3.79. The van der Waals surface area contributed by atoms with Gasteiger partial charge < -0.3 is 15.2 Å². The van der Waals surface area contributed by atoms with Gasteiger partial charge in [0.15, 0.2) is 11.6 Å². The first-order valence-electron chi connectivity index (χ1n) is 8.23. The van der Waals surface area contributed by atoms with Crippen LogP contribution in [-0.4, -0.2) is 39.5 Å². The van der Waals surface area contributed by atoms with Gasteiger partial charge in [-0.15, -0.1) is 10.2 Å². The van der Waals surface area contributed by atoms with Gasteiger partial charge in [-0.05, 0) is 43.3 Å². The van der Waals surface area contributed by atoms with E-state index in [4.69, 9.17) is 0 Å². The van der Waals surface area contributed by atoms with Gasteiger partial charge in [-0.2, -0.15) is 0 Å². The molecule has 132 valence electrons. The lowest BCUT2D eigenvalue weighted by molar-refractivity contribution is 0.0953. The van der Waals surface area contributed by atoms with Crippen molar-refractivity contribution in [3.63, 3.8) is 0 Å². The number of carbonyl (C=O) groups is 2. The van der Waals surface area contributed by atoms with Crippen LogP contribution in [0.5, 0.6) is 0 Å². The molecule has 1 aromatic carbocycles. The van der Waals surface area contributed by atoms with Crippen molar-refractivity contribution >= 4 is 17.5 Å². The standard InChI is InChI=1S/C19H19N5O2/c1-14(25)15-4-6-16(7-5-15)19(26)21-11-10-20-17-8-9-18(23-22-17)24-12-2-3-13-24/h2-9,12-13H,10-11H2,1H3,(H,20,22)(H,21,26). The lowest BCUT2D eigenvalue weighted by Gasteiger charge is -2.08. The first-order chi connectivity index (χ1) is 12.6. The molecular weight excluding hydrogens is 330 g/mol. The topological polar surface area (TPSA) is 88.9 Å². The predicted molar refractivity (Wildman–Crippen MR) is 98.6 cm³/mol. The Kier molecular flexibility index (Phi) is 5.38. The molecule has 3 aromatic rings. The molecule has 26 heavy (non-hydrogen) atoms. The molecule has 2 heterocycles. The molecule has 7 nitrogen and oxygen atoms in total. The normalized spacial score (nSPS) is 10.3. The number of benzene rings is 1. The molecule has 2 aromatic heterocycles. The van der Waals surface area contributed by atoms with E-state index >= 15 is 0 Å². The monoisotopic (exact) mass is 349 g/mol. The fourth-order valence-electron chi connectivity index (χ4n) is 2.37. The molecule has 0 aliphatic rings. The summed E-state index contributed by atoms with van der Waals surface area (Å²) in [7, 11) is 0. The summed E-state index contributed by atoms with van der Waals surface area (Å²) in [5, 5.41) is 14.2. The molecule has 0 bridgehead atoms. The van der Waals surface area contributed by atoms with Gasteiger partial charge in [0.2, 0.25) is 0 Å². The number of nitrogens with zero attached hydrogens (tertiary/aromatic N) is 3. The van der Waals surface area contributed by atoms with Crippen molar-refractivity contribution in [3.8, 4) is 5.82 Å². The van der Waals surface area contributed by atoms with E-state index < -0.39 is 0 Å². The van der Waals surface area contributed by atoms with Crippen molar-refractivity contribution in [1.29, 1.82) is 0 Å². The zero-order chi connectivity index (χ0) is 18.4. The number of hydrogen-bond donors (Lipinski definition) is 2. The van der Waals surface area contributed by atoms with E-state index in [-0.39, 0.29) is 11.7 Å². The Bertz CT molecular complexity index is 871. The number of nitrogens with one attached hydrogen (secondary N) is 2. The van der Waals surface area contributed by atoms with Crippen molar-refractivity contribution in [2.24, 2.45) is 0 Å². The van der Waals surface area contributed by atoms with Crippen molar-refractivity contribution in [2.45, 2.75) is 6.92 Å². The fraction of sp³-hybridized carbons (Fsp3) is 0.158. The molecular formula is C19H19N5O2. The Balaban J connectivity index is 1.45. The number of Topliss-reactive ketones (excluding diaryl/α,β-unsaturated/α-hetero) is 1. The van der Waals surface area contributed by atoms with Crippen LogP contribution in [-0.2, 0) is 0 Å². The Morgan fingerprint density at radius 1 is 0.923 bits per heavy atom. The molecule has 0 spiro atoms. The average Bonchev–Trinajstić information content (AvgIpc) is 3.20. The van der Waals surface area contributed by atoms with Crippen LogP contribution in [0.25, 0.3) is 5.82 Å². The van der Waals surface area contributed by atoms with Crippen LogP contribution in [0.3, 0.4) is 0 Å². The first-order valence-corrected chi connectivity index (χ1v) is 8.23. The molecule has 7 heteroatoms. The highest BCUT2D eigenvalue weighted by molar-refractivity contribution is 5.97. The van der Waals surface area contributed by atoms with E-state index in [0.29, 0.717) is 30.0 Å². The summed E-state index contributed by atoms with van der Waals surface area (Å²) in [4.78, 5) is 23.3. The molecule has 0 unspecified atom stereocenters. The minimum absolute atomic E-state index is 0.0231. The second kappa shape index (κ2) is 8.06. The number of hydrogen-bond acceptors (Lipinski definition) is 5. The summed E-state index contributed by atoms with van der Waals surface area (Å²) in [5.74, 6) is 1.17. The summed E-state index contributed by atoms with van der Waals surface area (Å²) >= 11 is 0. The molecule has 0 aliphatic carbocycles. The van der Waals surface area contributed by atoms with E-state index in [1.165, 1.54) is 6.92 Å². The average molecular weight is 349 g/mol. The maximum atomic E-state index is 12.1. The Hall–Kier alpha value is -3.48. The number of ketones is 1. The van der Waals surface area contributed by atoms with Gasteiger partial charge in [-0.3, -0.25) is 9.59 Å². The number of carbonyl (C=O) groups excluding carboxylic acids is 2. The van der Waals surface area contributed by atoms with Gasteiger partial charge >= 0.3 is 0 Å². The largest absolute Gasteiger partial charge is 0.367 e. The molecule has 2 N–H and O–H groups in total. The molecule has 3 rings (SSSR count). The summed E-state index contributed by atoms with van der Waals surface area (Å²) in [6.45, 7) is 2.46. The van der Waals surface area contributed by atoms with Gasteiger partial charge in [0, 0.05) is 36.6 Å². The van der Waals surface area contributed by atoms with E-state index in [1.807, 2.05) is 41.2 Å². The van der Waals surface area contributed by atoms with Crippen molar-refractivity contribution in [2.75, 3.05) is 18.4 Å².